The standard InChI is InChI=1S/C15H25N3O/c1-4-13(12-8-6-5-7-9-12)18-14-11(2)15(19-3)17-10-16-14/h10,12-13H,4-9H2,1-3H3,(H,16,17,18). The van der Waals surface area contributed by atoms with E-state index in [1.54, 1.807) is 13.4 Å². The Kier molecular flexibility index (Phi) is 5.00. The van der Waals surface area contributed by atoms with E-state index in [1.165, 1.54) is 32.1 Å². The average molecular weight is 263 g/mol. The minimum absolute atomic E-state index is 0.513. The predicted molar refractivity (Wildman–Crippen MR) is 77.6 cm³/mol. The number of ether oxygens (including phenoxy) is 1. The Balaban J connectivity index is 2.09. The highest BCUT2D eigenvalue weighted by Crippen LogP contribution is 2.30. The molecule has 0 aliphatic heterocycles. The maximum Gasteiger partial charge on any atom is 0.221 e. The van der Waals surface area contributed by atoms with Crippen LogP contribution in [0.25, 0.3) is 0 Å². The van der Waals surface area contributed by atoms with E-state index in [-0.39, 0.29) is 0 Å². The van der Waals surface area contributed by atoms with Gasteiger partial charge in [-0.1, -0.05) is 26.2 Å². The van der Waals surface area contributed by atoms with E-state index in [0.717, 1.165) is 23.7 Å². The fourth-order valence-electron chi connectivity index (χ4n) is 3.05. The average Bonchev–Trinajstić information content (AvgIpc) is 2.47. The van der Waals surface area contributed by atoms with Crippen molar-refractivity contribution in [3.63, 3.8) is 0 Å². The van der Waals surface area contributed by atoms with Gasteiger partial charge in [0.25, 0.3) is 0 Å². The van der Waals surface area contributed by atoms with E-state index in [4.69, 9.17) is 4.74 Å². The summed E-state index contributed by atoms with van der Waals surface area (Å²) in [7, 11) is 1.65. The van der Waals surface area contributed by atoms with Crippen LogP contribution in [0.5, 0.6) is 5.88 Å². The largest absolute Gasteiger partial charge is 0.481 e. The van der Waals surface area contributed by atoms with E-state index < -0.39 is 0 Å². The highest BCUT2D eigenvalue weighted by molar-refractivity contribution is 5.48. The van der Waals surface area contributed by atoms with E-state index >= 15 is 0 Å². The molecule has 4 heteroatoms. The molecule has 1 aliphatic rings. The van der Waals surface area contributed by atoms with Gasteiger partial charge in [0.1, 0.15) is 12.1 Å². The van der Waals surface area contributed by atoms with Crippen LogP contribution in [0.1, 0.15) is 51.0 Å². The monoisotopic (exact) mass is 263 g/mol. The van der Waals surface area contributed by atoms with E-state index in [0.29, 0.717) is 11.9 Å². The molecular weight excluding hydrogens is 238 g/mol. The van der Waals surface area contributed by atoms with Crippen LogP contribution in [0.2, 0.25) is 0 Å². The van der Waals surface area contributed by atoms with Crippen molar-refractivity contribution < 1.29 is 4.74 Å². The third-order valence-electron chi connectivity index (χ3n) is 4.21. The Labute approximate surface area is 116 Å². The van der Waals surface area contributed by atoms with Gasteiger partial charge in [0, 0.05) is 6.04 Å². The number of anilines is 1. The van der Waals surface area contributed by atoms with Crippen LogP contribution in [0.3, 0.4) is 0 Å². The van der Waals surface area contributed by atoms with Crippen LogP contribution in [0.15, 0.2) is 6.33 Å². The maximum atomic E-state index is 5.26. The molecule has 19 heavy (non-hydrogen) atoms. The SMILES string of the molecule is CCC(Nc1ncnc(OC)c1C)C1CCCCC1. The van der Waals surface area contributed by atoms with Crippen LogP contribution < -0.4 is 10.1 Å². The van der Waals surface area contributed by atoms with Crippen LogP contribution in [0, 0.1) is 12.8 Å². The number of nitrogens with one attached hydrogen (secondary N) is 1. The van der Waals surface area contributed by atoms with Crippen molar-refractivity contribution in [3.8, 4) is 5.88 Å². The van der Waals surface area contributed by atoms with Crippen molar-refractivity contribution in [2.75, 3.05) is 12.4 Å². The van der Waals surface area contributed by atoms with Crippen molar-refractivity contribution in [2.24, 2.45) is 5.92 Å². The first kappa shape index (κ1) is 14.1. The number of rotatable bonds is 5. The molecule has 0 saturated heterocycles. The van der Waals surface area contributed by atoms with Crippen molar-refractivity contribution in [2.45, 2.75) is 58.4 Å². The van der Waals surface area contributed by atoms with Crippen LogP contribution in [-0.4, -0.2) is 23.1 Å². The summed E-state index contributed by atoms with van der Waals surface area (Å²) in [6.45, 7) is 4.26. The molecule has 0 amide bonds. The van der Waals surface area contributed by atoms with Crippen molar-refractivity contribution in [1.29, 1.82) is 0 Å². The van der Waals surface area contributed by atoms with Crippen molar-refractivity contribution in [3.05, 3.63) is 11.9 Å². The topological polar surface area (TPSA) is 47.0 Å². The Morgan fingerprint density at radius 2 is 2.05 bits per heavy atom. The zero-order valence-corrected chi connectivity index (χ0v) is 12.3. The normalized spacial score (nSPS) is 18.1. The second kappa shape index (κ2) is 6.73. The molecule has 1 aromatic rings. The minimum Gasteiger partial charge on any atom is -0.481 e. The summed E-state index contributed by atoms with van der Waals surface area (Å²) in [5.74, 6) is 2.36. The van der Waals surface area contributed by atoms with Crippen LogP contribution >= 0.6 is 0 Å². The van der Waals surface area contributed by atoms with Gasteiger partial charge in [0.2, 0.25) is 5.88 Å². The predicted octanol–water partition coefficient (Wildman–Crippen LogP) is 3.56. The lowest BCUT2D eigenvalue weighted by Crippen LogP contribution is -2.30. The molecule has 1 atom stereocenters. The van der Waals surface area contributed by atoms with Crippen LogP contribution in [0.4, 0.5) is 5.82 Å². The molecule has 0 spiro atoms. The first-order chi connectivity index (χ1) is 9.26. The molecule has 1 saturated carbocycles. The van der Waals surface area contributed by atoms with Gasteiger partial charge in [-0.15, -0.1) is 0 Å². The molecular formula is C15H25N3O. The molecule has 1 fully saturated rings. The Morgan fingerprint density at radius 3 is 2.68 bits per heavy atom. The van der Waals surface area contributed by atoms with E-state index in [9.17, 15) is 0 Å². The molecule has 1 aliphatic carbocycles. The number of hydrogen-bond donors (Lipinski definition) is 1. The molecule has 1 unspecified atom stereocenters. The summed E-state index contributed by atoms with van der Waals surface area (Å²) in [5.41, 5.74) is 0.999. The summed E-state index contributed by atoms with van der Waals surface area (Å²) in [5, 5.41) is 3.61. The molecule has 1 aromatic heterocycles. The molecule has 0 bridgehead atoms. The van der Waals surface area contributed by atoms with Gasteiger partial charge in [-0.05, 0) is 32.1 Å². The molecule has 4 nitrogen and oxygen atoms in total. The number of hydrogen-bond acceptors (Lipinski definition) is 4. The lowest BCUT2D eigenvalue weighted by molar-refractivity contribution is 0.312. The van der Waals surface area contributed by atoms with Crippen LogP contribution in [-0.2, 0) is 0 Å². The quantitative estimate of drug-likeness (QED) is 0.882. The Hall–Kier alpha value is -1.32. The summed E-state index contributed by atoms with van der Waals surface area (Å²) < 4.78 is 5.26. The molecule has 2 rings (SSSR count). The number of methoxy groups -OCH3 is 1. The van der Waals surface area contributed by atoms with E-state index in [2.05, 4.69) is 22.2 Å². The molecule has 106 valence electrons. The van der Waals surface area contributed by atoms with Gasteiger partial charge >= 0.3 is 0 Å². The van der Waals surface area contributed by atoms with Crippen molar-refractivity contribution in [1.82, 2.24) is 9.97 Å². The second-order valence-corrected chi connectivity index (χ2v) is 5.41. The van der Waals surface area contributed by atoms with Gasteiger partial charge in [0.05, 0.1) is 12.7 Å². The lowest BCUT2D eigenvalue weighted by Gasteiger charge is -2.31. The number of aromatic nitrogens is 2. The third-order valence-corrected chi connectivity index (χ3v) is 4.21. The van der Waals surface area contributed by atoms with Gasteiger partial charge < -0.3 is 10.1 Å². The highest BCUT2D eigenvalue weighted by atomic mass is 16.5. The van der Waals surface area contributed by atoms with Crippen molar-refractivity contribution >= 4 is 5.82 Å². The second-order valence-electron chi connectivity index (χ2n) is 5.41. The summed E-state index contributed by atoms with van der Waals surface area (Å²) in [4.78, 5) is 8.50. The Morgan fingerprint density at radius 1 is 1.32 bits per heavy atom. The maximum absolute atomic E-state index is 5.26. The fourth-order valence-corrected chi connectivity index (χ4v) is 3.05. The summed E-state index contributed by atoms with van der Waals surface area (Å²) >= 11 is 0. The van der Waals surface area contributed by atoms with Gasteiger partial charge in [-0.2, -0.15) is 0 Å². The fraction of sp³-hybridized carbons (Fsp3) is 0.733. The summed E-state index contributed by atoms with van der Waals surface area (Å²) in [6, 6.07) is 0.513. The first-order valence-corrected chi connectivity index (χ1v) is 7.38. The van der Waals surface area contributed by atoms with Gasteiger partial charge in [0.15, 0.2) is 0 Å². The Bertz CT molecular complexity index is 402. The molecule has 0 aromatic carbocycles. The minimum atomic E-state index is 0.513. The zero-order chi connectivity index (χ0) is 13.7. The van der Waals surface area contributed by atoms with E-state index in [1.807, 2.05) is 6.92 Å². The van der Waals surface area contributed by atoms with Gasteiger partial charge in [-0.25, -0.2) is 9.97 Å². The molecule has 1 heterocycles. The smallest absolute Gasteiger partial charge is 0.221 e. The lowest BCUT2D eigenvalue weighted by atomic mass is 9.83. The van der Waals surface area contributed by atoms with Gasteiger partial charge in [-0.3, -0.25) is 0 Å². The number of nitrogens with zero attached hydrogens (tertiary/aromatic N) is 2. The zero-order valence-electron chi connectivity index (χ0n) is 12.3. The first-order valence-electron chi connectivity index (χ1n) is 7.38. The highest BCUT2D eigenvalue weighted by Gasteiger charge is 2.23. The molecule has 0 radical (unpaired) electrons. The third kappa shape index (κ3) is 3.37. The summed E-state index contributed by atoms with van der Waals surface area (Å²) in [6.07, 6.45) is 9.52. The molecule has 1 N–H and O–H groups in total.